The number of rotatable bonds is 9. The molecule has 3 aromatic rings. The number of anilines is 2. The Balaban J connectivity index is 1.89. The lowest BCUT2D eigenvalue weighted by atomic mass is 10.0. The van der Waals surface area contributed by atoms with Crippen LogP contribution < -0.4 is 27.3 Å². The number of fused-ring (bicyclic) bond motifs is 1. The molecule has 1 aromatic carbocycles. The number of aromatic nitrogens is 4. The number of hydrogen-bond acceptors (Lipinski definition) is 8. The number of benzene rings is 1. The van der Waals surface area contributed by atoms with Gasteiger partial charge in [0.25, 0.3) is 0 Å². The summed E-state index contributed by atoms with van der Waals surface area (Å²) in [6, 6.07) is 5.65. The lowest BCUT2D eigenvalue weighted by Gasteiger charge is -2.14. The first kappa shape index (κ1) is 19.8. The zero-order valence-electron chi connectivity index (χ0n) is 16.4. The summed E-state index contributed by atoms with van der Waals surface area (Å²) in [5.41, 5.74) is 20.9. The first-order chi connectivity index (χ1) is 13.5. The molecule has 2 aromatic heterocycles. The van der Waals surface area contributed by atoms with Crippen molar-refractivity contribution < 1.29 is 4.74 Å². The molecule has 0 aliphatic rings. The van der Waals surface area contributed by atoms with E-state index in [-0.39, 0.29) is 12.0 Å². The molecule has 150 valence electrons. The van der Waals surface area contributed by atoms with Gasteiger partial charge in [-0.3, -0.25) is 4.68 Å². The molecule has 1 atom stereocenters. The average molecular weight is 384 g/mol. The normalized spacial score (nSPS) is 12.3. The van der Waals surface area contributed by atoms with Crippen molar-refractivity contribution in [3.63, 3.8) is 0 Å². The van der Waals surface area contributed by atoms with Crippen LogP contribution in [0.1, 0.15) is 36.9 Å². The average Bonchev–Trinajstić information content (AvgIpc) is 3.10. The molecule has 28 heavy (non-hydrogen) atoms. The van der Waals surface area contributed by atoms with Gasteiger partial charge in [0.05, 0.1) is 19.9 Å². The predicted molar refractivity (Wildman–Crippen MR) is 111 cm³/mol. The van der Waals surface area contributed by atoms with Crippen molar-refractivity contribution in [1.82, 2.24) is 19.7 Å². The van der Waals surface area contributed by atoms with Gasteiger partial charge in [-0.2, -0.15) is 10.1 Å². The van der Waals surface area contributed by atoms with E-state index in [0.29, 0.717) is 29.9 Å². The van der Waals surface area contributed by atoms with Crippen molar-refractivity contribution in [2.45, 2.75) is 32.4 Å². The Labute approximate surface area is 164 Å². The number of unbranched alkanes of at least 4 members (excludes halogenated alkanes) is 1. The Hall–Kier alpha value is -2.91. The van der Waals surface area contributed by atoms with Crippen molar-refractivity contribution in [2.75, 3.05) is 31.2 Å². The molecule has 0 saturated heterocycles. The molecule has 1 unspecified atom stereocenters. The van der Waals surface area contributed by atoms with Crippen LogP contribution in [0, 0.1) is 0 Å². The lowest BCUT2D eigenvalue weighted by molar-refractivity contribution is 0.406. The molecular formula is C19H28N8O. The summed E-state index contributed by atoms with van der Waals surface area (Å²) in [4.78, 5) is 8.60. The largest absolute Gasteiger partial charge is 0.496 e. The van der Waals surface area contributed by atoms with Gasteiger partial charge in [0, 0.05) is 24.7 Å². The van der Waals surface area contributed by atoms with Gasteiger partial charge in [-0.15, -0.1) is 0 Å². The van der Waals surface area contributed by atoms with E-state index in [4.69, 9.17) is 21.9 Å². The number of nitrogens with one attached hydrogen (secondary N) is 1. The van der Waals surface area contributed by atoms with Gasteiger partial charge >= 0.3 is 0 Å². The summed E-state index contributed by atoms with van der Waals surface area (Å²) in [6.45, 7) is 3.85. The maximum absolute atomic E-state index is 6.02. The van der Waals surface area contributed by atoms with Gasteiger partial charge in [0.2, 0.25) is 5.95 Å². The number of nitrogens with zero attached hydrogens (tertiary/aromatic N) is 4. The molecule has 0 bridgehead atoms. The molecule has 9 nitrogen and oxygen atoms in total. The quantitative estimate of drug-likeness (QED) is 0.408. The lowest BCUT2D eigenvalue weighted by Crippen LogP contribution is -2.20. The molecular weight excluding hydrogens is 356 g/mol. The second kappa shape index (κ2) is 8.85. The molecule has 2 heterocycles. The number of hydrogen-bond donors (Lipinski definition) is 4. The zero-order valence-corrected chi connectivity index (χ0v) is 16.4. The van der Waals surface area contributed by atoms with Crippen molar-refractivity contribution in [2.24, 2.45) is 11.5 Å². The van der Waals surface area contributed by atoms with E-state index < -0.39 is 0 Å². The molecule has 0 saturated carbocycles. The van der Waals surface area contributed by atoms with Gasteiger partial charge in [0.15, 0.2) is 11.3 Å². The molecule has 0 aliphatic heterocycles. The van der Waals surface area contributed by atoms with Crippen LogP contribution in [0.4, 0.5) is 11.8 Å². The van der Waals surface area contributed by atoms with Crippen LogP contribution in [0.5, 0.6) is 5.75 Å². The minimum atomic E-state index is -0.217. The summed E-state index contributed by atoms with van der Waals surface area (Å²) in [5.74, 6) is 1.63. The van der Waals surface area contributed by atoms with Crippen LogP contribution in [-0.4, -0.2) is 39.9 Å². The fraction of sp³-hybridized carbons (Fsp3) is 0.421. The highest BCUT2D eigenvalue weighted by Gasteiger charge is 2.13. The van der Waals surface area contributed by atoms with Crippen LogP contribution in [-0.2, 0) is 6.54 Å². The minimum absolute atomic E-state index is 0.217. The van der Waals surface area contributed by atoms with Crippen LogP contribution in [0.25, 0.3) is 11.0 Å². The first-order valence-corrected chi connectivity index (χ1v) is 9.42. The fourth-order valence-corrected chi connectivity index (χ4v) is 3.00. The molecule has 0 spiro atoms. The van der Waals surface area contributed by atoms with Crippen LogP contribution in [0.3, 0.4) is 0 Å². The van der Waals surface area contributed by atoms with Gasteiger partial charge in [0.1, 0.15) is 11.3 Å². The maximum atomic E-state index is 6.02. The molecule has 0 amide bonds. The van der Waals surface area contributed by atoms with Gasteiger partial charge in [-0.25, -0.2) is 4.98 Å². The Bertz CT molecular complexity index is 939. The highest BCUT2D eigenvalue weighted by molar-refractivity contribution is 5.85. The predicted octanol–water partition coefficient (Wildman–Crippen LogP) is 1.64. The van der Waals surface area contributed by atoms with E-state index in [1.807, 2.05) is 29.1 Å². The highest BCUT2D eigenvalue weighted by atomic mass is 16.5. The number of nitrogen functional groups attached to an aromatic ring is 1. The number of methoxy groups -OCH3 is 1. The molecule has 0 radical (unpaired) electrons. The van der Waals surface area contributed by atoms with Gasteiger partial charge in [-0.1, -0.05) is 25.5 Å². The van der Waals surface area contributed by atoms with E-state index in [0.717, 1.165) is 36.3 Å². The Morgan fingerprint density at radius 3 is 2.82 bits per heavy atom. The van der Waals surface area contributed by atoms with Crippen LogP contribution >= 0.6 is 0 Å². The van der Waals surface area contributed by atoms with E-state index in [1.54, 1.807) is 7.11 Å². The van der Waals surface area contributed by atoms with Crippen LogP contribution in [0.2, 0.25) is 0 Å². The summed E-state index contributed by atoms with van der Waals surface area (Å²) in [5, 5.41) is 7.95. The third-order valence-electron chi connectivity index (χ3n) is 4.58. The van der Waals surface area contributed by atoms with E-state index in [2.05, 4.69) is 27.3 Å². The maximum Gasteiger partial charge on any atom is 0.222 e. The summed E-state index contributed by atoms with van der Waals surface area (Å²) in [6.07, 6.45) is 3.99. The van der Waals surface area contributed by atoms with Gasteiger partial charge < -0.3 is 27.3 Å². The SMILES string of the molecule is CCCCNc1nc(N)nc2cn(Cc3ccc(C(N)CN)cc3OC)nc12. The van der Waals surface area contributed by atoms with Gasteiger partial charge in [-0.05, 0) is 18.1 Å². The highest BCUT2D eigenvalue weighted by Crippen LogP contribution is 2.25. The Morgan fingerprint density at radius 1 is 1.29 bits per heavy atom. The minimum Gasteiger partial charge on any atom is -0.496 e. The fourth-order valence-electron chi connectivity index (χ4n) is 3.00. The third-order valence-corrected chi connectivity index (χ3v) is 4.58. The van der Waals surface area contributed by atoms with Crippen molar-refractivity contribution in [3.8, 4) is 5.75 Å². The number of ether oxygens (including phenoxy) is 1. The zero-order chi connectivity index (χ0) is 20.1. The summed E-state index contributed by atoms with van der Waals surface area (Å²) in [7, 11) is 1.64. The number of nitrogens with two attached hydrogens (primary N) is 3. The smallest absolute Gasteiger partial charge is 0.222 e. The van der Waals surface area contributed by atoms with E-state index in [1.165, 1.54) is 0 Å². The van der Waals surface area contributed by atoms with E-state index in [9.17, 15) is 0 Å². The standard InChI is InChI=1S/C19H28N8O/c1-3-4-7-23-18-17-15(24-19(22)25-18)11-27(26-17)10-13-6-5-12(14(21)9-20)8-16(13)28-2/h5-6,8,11,14H,3-4,7,9-10,20-21H2,1-2H3,(H3,22,23,24,25). The Morgan fingerprint density at radius 2 is 2.11 bits per heavy atom. The van der Waals surface area contributed by atoms with Crippen molar-refractivity contribution in [3.05, 3.63) is 35.5 Å². The molecule has 9 heteroatoms. The summed E-state index contributed by atoms with van der Waals surface area (Å²) < 4.78 is 7.35. The van der Waals surface area contributed by atoms with Crippen molar-refractivity contribution in [1.29, 1.82) is 0 Å². The van der Waals surface area contributed by atoms with E-state index >= 15 is 0 Å². The molecule has 3 rings (SSSR count). The third kappa shape index (κ3) is 4.32. The molecule has 0 fully saturated rings. The molecule has 7 N–H and O–H groups in total. The Kier molecular flexibility index (Phi) is 6.27. The summed E-state index contributed by atoms with van der Waals surface area (Å²) >= 11 is 0. The van der Waals surface area contributed by atoms with Crippen molar-refractivity contribution >= 4 is 22.8 Å². The topological polar surface area (TPSA) is 143 Å². The molecule has 0 aliphatic carbocycles. The van der Waals surface area contributed by atoms with Crippen LogP contribution in [0.15, 0.2) is 24.4 Å². The second-order valence-electron chi connectivity index (χ2n) is 6.68. The second-order valence-corrected chi connectivity index (χ2v) is 6.68. The first-order valence-electron chi connectivity index (χ1n) is 9.42. The monoisotopic (exact) mass is 384 g/mol.